The number of benzene rings is 1. The van der Waals surface area contributed by atoms with E-state index in [9.17, 15) is 8.78 Å². The first-order chi connectivity index (χ1) is 7.64. The Morgan fingerprint density at radius 2 is 1.94 bits per heavy atom. The maximum absolute atomic E-state index is 13.8. The number of hydrogen-bond acceptors (Lipinski definition) is 2. The SMILES string of the molecule is NCc1ccc(C(F)(F)n2cccn2)cc1. The van der Waals surface area contributed by atoms with Gasteiger partial charge in [-0.2, -0.15) is 13.9 Å². The molecule has 0 spiro atoms. The third kappa shape index (κ3) is 1.81. The lowest BCUT2D eigenvalue weighted by Crippen LogP contribution is -2.24. The Morgan fingerprint density at radius 3 is 2.44 bits per heavy atom. The summed E-state index contributed by atoms with van der Waals surface area (Å²) >= 11 is 0. The normalized spacial score (nSPS) is 11.7. The first-order valence-electron chi connectivity index (χ1n) is 4.82. The van der Waals surface area contributed by atoms with Crippen LogP contribution >= 0.6 is 0 Å². The molecule has 2 aromatic rings. The molecule has 2 rings (SSSR count). The molecule has 3 nitrogen and oxygen atoms in total. The molecule has 0 bridgehead atoms. The van der Waals surface area contributed by atoms with Crippen molar-refractivity contribution in [3.8, 4) is 0 Å². The van der Waals surface area contributed by atoms with Crippen LogP contribution in [0.15, 0.2) is 42.7 Å². The van der Waals surface area contributed by atoms with Crippen molar-refractivity contribution >= 4 is 0 Å². The van der Waals surface area contributed by atoms with Gasteiger partial charge in [0.1, 0.15) is 0 Å². The maximum Gasteiger partial charge on any atom is 0.370 e. The molecule has 1 aromatic carbocycles. The largest absolute Gasteiger partial charge is 0.370 e. The van der Waals surface area contributed by atoms with Gasteiger partial charge in [-0.05, 0) is 11.6 Å². The summed E-state index contributed by atoms with van der Waals surface area (Å²) in [7, 11) is 0. The molecule has 0 unspecified atom stereocenters. The number of alkyl halides is 2. The molecule has 0 saturated carbocycles. The Balaban J connectivity index is 2.35. The summed E-state index contributed by atoms with van der Waals surface area (Å²) in [6.45, 7) is 0.341. The van der Waals surface area contributed by atoms with E-state index in [0.29, 0.717) is 11.2 Å². The second-order valence-corrected chi connectivity index (χ2v) is 3.39. The number of hydrogen-bond donors (Lipinski definition) is 1. The number of aromatic nitrogens is 2. The molecule has 5 heteroatoms. The maximum atomic E-state index is 13.8. The Bertz CT molecular complexity index is 449. The Labute approximate surface area is 91.5 Å². The number of nitrogens with zero attached hydrogens (tertiary/aromatic N) is 2. The Hall–Kier alpha value is -1.75. The van der Waals surface area contributed by atoms with Gasteiger partial charge in [0.05, 0.1) is 0 Å². The van der Waals surface area contributed by atoms with Crippen molar-refractivity contribution in [2.75, 3.05) is 0 Å². The van der Waals surface area contributed by atoms with Crippen molar-refractivity contribution < 1.29 is 8.78 Å². The third-order valence-electron chi connectivity index (χ3n) is 2.33. The average molecular weight is 223 g/mol. The monoisotopic (exact) mass is 223 g/mol. The van der Waals surface area contributed by atoms with Crippen molar-refractivity contribution in [3.63, 3.8) is 0 Å². The third-order valence-corrected chi connectivity index (χ3v) is 2.33. The highest BCUT2D eigenvalue weighted by Gasteiger charge is 2.34. The molecule has 0 fully saturated rings. The van der Waals surface area contributed by atoms with E-state index in [1.165, 1.54) is 30.6 Å². The topological polar surface area (TPSA) is 43.8 Å². The van der Waals surface area contributed by atoms with Crippen molar-refractivity contribution in [2.45, 2.75) is 12.6 Å². The zero-order chi connectivity index (χ0) is 11.6. The zero-order valence-corrected chi connectivity index (χ0v) is 8.48. The predicted octanol–water partition coefficient (Wildman–Crippen LogP) is 1.94. The van der Waals surface area contributed by atoms with E-state index in [4.69, 9.17) is 5.73 Å². The van der Waals surface area contributed by atoms with Crippen LogP contribution in [0.2, 0.25) is 0 Å². The van der Waals surface area contributed by atoms with E-state index in [0.717, 1.165) is 5.56 Å². The van der Waals surface area contributed by atoms with Gasteiger partial charge in [0.25, 0.3) is 0 Å². The summed E-state index contributed by atoms with van der Waals surface area (Å²) in [5.41, 5.74) is 6.11. The number of halogens is 2. The summed E-state index contributed by atoms with van der Waals surface area (Å²) in [6, 6.07) is 4.24. The van der Waals surface area contributed by atoms with E-state index in [-0.39, 0.29) is 5.56 Å². The second kappa shape index (κ2) is 4.02. The molecule has 0 amide bonds. The average Bonchev–Trinajstić information content (AvgIpc) is 2.83. The second-order valence-electron chi connectivity index (χ2n) is 3.39. The van der Waals surface area contributed by atoms with E-state index >= 15 is 0 Å². The lowest BCUT2D eigenvalue weighted by molar-refractivity contribution is -0.0482. The molecule has 0 radical (unpaired) electrons. The highest BCUT2D eigenvalue weighted by molar-refractivity contribution is 5.25. The van der Waals surface area contributed by atoms with Gasteiger partial charge < -0.3 is 5.73 Å². The van der Waals surface area contributed by atoms with Crippen molar-refractivity contribution in [1.82, 2.24) is 9.78 Å². The van der Waals surface area contributed by atoms with Crippen LogP contribution in [0.3, 0.4) is 0 Å². The molecular formula is C11H11F2N3. The molecule has 0 atom stereocenters. The standard InChI is InChI=1S/C11H11F2N3/c12-11(13,16-7-1-6-15-16)10-4-2-9(8-14)3-5-10/h1-7H,8,14H2. The van der Waals surface area contributed by atoms with Crippen molar-refractivity contribution in [3.05, 3.63) is 53.9 Å². The van der Waals surface area contributed by atoms with Gasteiger partial charge in [0, 0.05) is 24.5 Å². The summed E-state index contributed by atoms with van der Waals surface area (Å²) in [6.07, 6.45) is 2.55. The van der Waals surface area contributed by atoms with Gasteiger partial charge in [0.2, 0.25) is 0 Å². The predicted molar refractivity (Wildman–Crippen MR) is 55.9 cm³/mol. The molecule has 1 aromatic heterocycles. The molecule has 0 saturated heterocycles. The van der Waals surface area contributed by atoms with Crippen LogP contribution < -0.4 is 5.73 Å². The van der Waals surface area contributed by atoms with Crippen molar-refractivity contribution in [1.29, 1.82) is 0 Å². The fourth-order valence-corrected chi connectivity index (χ4v) is 1.41. The van der Waals surface area contributed by atoms with Gasteiger partial charge >= 0.3 is 6.05 Å². The smallest absolute Gasteiger partial charge is 0.326 e. The molecule has 0 aliphatic heterocycles. The van der Waals surface area contributed by atoms with Crippen LogP contribution in [0, 0.1) is 0 Å². The van der Waals surface area contributed by atoms with Crippen LogP contribution in [-0.2, 0) is 12.6 Å². The summed E-state index contributed by atoms with van der Waals surface area (Å²) < 4.78 is 28.3. The molecule has 84 valence electrons. The summed E-state index contributed by atoms with van der Waals surface area (Å²) in [4.78, 5) is 0. The van der Waals surface area contributed by atoms with Gasteiger partial charge in [0.15, 0.2) is 0 Å². The Kier molecular flexibility index (Phi) is 2.70. The first-order valence-corrected chi connectivity index (χ1v) is 4.82. The molecule has 1 heterocycles. The van der Waals surface area contributed by atoms with Gasteiger partial charge in [-0.1, -0.05) is 24.3 Å². The summed E-state index contributed by atoms with van der Waals surface area (Å²) in [5, 5.41) is 3.55. The van der Waals surface area contributed by atoms with Crippen molar-refractivity contribution in [2.24, 2.45) is 5.73 Å². The van der Waals surface area contributed by atoms with E-state index in [2.05, 4.69) is 5.10 Å². The molecular weight excluding hydrogens is 212 g/mol. The van der Waals surface area contributed by atoms with Crippen LogP contribution in [0.4, 0.5) is 8.78 Å². The fourth-order valence-electron chi connectivity index (χ4n) is 1.41. The number of rotatable bonds is 3. The van der Waals surface area contributed by atoms with E-state index in [1.54, 1.807) is 12.1 Å². The molecule has 2 N–H and O–H groups in total. The highest BCUT2D eigenvalue weighted by Crippen LogP contribution is 2.28. The van der Waals surface area contributed by atoms with Crippen LogP contribution in [0.25, 0.3) is 0 Å². The minimum absolute atomic E-state index is 0.103. The molecule has 0 aliphatic rings. The van der Waals surface area contributed by atoms with Crippen LogP contribution in [0.1, 0.15) is 11.1 Å². The zero-order valence-electron chi connectivity index (χ0n) is 8.48. The van der Waals surface area contributed by atoms with Gasteiger partial charge in [-0.3, -0.25) is 0 Å². The Morgan fingerprint density at radius 1 is 1.25 bits per heavy atom. The highest BCUT2D eigenvalue weighted by atomic mass is 19.3. The van der Waals surface area contributed by atoms with Gasteiger partial charge in [-0.25, -0.2) is 4.68 Å². The van der Waals surface area contributed by atoms with Crippen LogP contribution in [0.5, 0.6) is 0 Å². The van der Waals surface area contributed by atoms with Gasteiger partial charge in [-0.15, -0.1) is 0 Å². The summed E-state index contributed by atoms with van der Waals surface area (Å²) in [5.74, 6) is 0. The minimum Gasteiger partial charge on any atom is -0.326 e. The molecule has 16 heavy (non-hydrogen) atoms. The van der Waals surface area contributed by atoms with Crippen LogP contribution in [-0.4, -0.2) is 9.78 Å². The quantitative estimate of drug-likeness (QED) is 0.864. The lowest BCUT2D eigenvalue weighted by Gasteiger charge is -2.17. The fraction of sp³-hybridized carbons (Fsp3) is 0.182. The first kappa shape index (κ1) is 10.8. The number of nitrogens with two attached hydrogens (primary N) is 1. The lowest BCUT2D eigenvalue weighted by atomic mass is 10.1. The minimum atomic E-state index is -3.13. The van der Waals surface area contributed by atoms with E-state index < -0.39 is 6.05 Å². The molecule has 0 aliphatic carbocycles. The van der Waals surface area contributed by atoms with E-state index in [1.807, 2.05) is 0 Å².